The third kappa shape index (κ3) is 3.41. The molecule has 1 aliphatic heterocycles. The molecule has 1 aromatic rings. The van der Waals surface area contributed by atoms with Gasteiger partial charge in [-0.3, -0.25) is 15.0 Å². The van der Waals surface area contributed by atoms with Crippen LogP contribution in [0.2, 0.25) is 0 Å². The second-order valence-corrected chi connectivity index (χ2v) is 6.25. The summed E-state index contributed by atoms with van der Waals surface area (Å²) in [5, 5.41) is 14.5. The van der Waals surface area contributed by atoms with Gasteiger partial charge in [-0.2, -0.15) is 0 Å². The number of rotatable bonds is 6. The van der Waals surface area contributed by atoms with Crippen LogP contribution in [0.3, 0.4) is 0 Å². The summed E-state index contributed by atoms with van der Waals surface area (Å²) in [5.41, 5.74) is 1.24. The van der Waals surface area contributed by atoms with Crippen molar-refractivity contribution < 1.29 is 4.92 Å². The zero-order chi connectivity index (χ0) is 14.8. The van der Waals surface area contributed by atoms with Crippen LogP contribution < -0.4 is 5.32 Å². The highest BCUT2D eigenvalue weighted by atomic mass is 16.6. The molecule has 0 spiro atoms. The molecule has 21 heavy (non-hydrogen) atoms. The van der Waals surface area contributed by atoms with Gasteiger partial charge in [0.05, 0.1) is 4.92 Å². The van der Waals surface area contributed by atoms with Crippen LogP contribution in [0.15, 0.2) is 24.3 Å². The molecular formula is C16H23N3O2. The topological polar surface area (TPSA) is 58.4 Å². The maximum Gasteiger partial charge on any atom is 0.269 e. The summed E-state index contributed by atoms with van der Waals surface area (Å²) in [4.78, 5) is 13.2. The summed E-state index contributed by atoms with van der Waals surface area (Å²) < 4.78 is 0. The van der Waals surface area contributed by atoms with Crippen LogP contribution in [-0.4, -0.2) is 35.0 Å². The lowest BCUT2D eigenvalue weighted by Crippen LogP contribution is -2.40. The number of hydrogen-bond acceptors (Lipinski definition) is 4. The van der Waals surface area contributed by atoms with Crippen molar-refractivity contribution in [2.45, 2.75) is 50.7 Å². The highest BCUT2D eigenvalue weighted by molar-refractivity contribution is 5.35. The molecule has 2 unspecified atom stereocenters. The molecule has 0 aromatic heterocycles. The van der Waals surface area contributed by atoms with Crippen molar-refractivity contribution in [3.63, 3.8) is 0 Å². The van der Waals surface area contributed by atoms with Gasteiger partial charge in [0, 0.05) is 36.8 Å². The summed E-state index contributed by atoms with van der Waals surface area (Å²) in [6.07, 6.45) is 5.01. The van der Waals surface area contributed by atoms with Gasteiger partial charge in [-0.25, -0.2) is 0 Å². The zero-order valence-electron chi connectivity index (χ0n) is 12.5. The lowest BCUT2D eigenvalue weighted by molar-refractivity contribution is -0.385. The number of nitrogens with zero attached hydrogens (tertiary/aromatic N) is 2. The van der Waals surface area contributed by atoms with Crippen molar-refractivity contribution >= 4 is 5.69 Å². The molecule has 5 heteroatoms. The van der Waals surface area contributed by atoms with E-state index in [9.17, 15) is 10.1 Å². The van der Waals surface area contributed by atoms with Gasteiger partial charge in [-0.15, -0.1) is 0 Å². The minimum absolute atomic E-state index is 0.189. The Hall–Kier alpha value is -1.46. The Labute approximate surface area is 125 Å². The molecule has 1 aromatic carbocycles. The molecule has 0 radical (unpaired) electrons. The van der Waals surface area contributed by atoms with Gasteiger partial charge in [0.1, 0.15) is 0 Å². The van der Waals surface area contributed by atoms with E-state index < -0.39 is 0 Å². The molecule has 5 nitrogen and oxygen atoms in total. The van der Waals surface area contributed by atoms with Gasteiger partial charge in [0.2, 0.25) is 0 Å². The van der Waals surface area contributed by atoms with Crippen molar-refractivity contribution in [1.82, 2.24) is 10.2 Å². The number of hydrogen-bond donors (Lipinski definition) is 1. The first kappa shape index (κ1) is 14.5. The Kier molecular flexibility index (Phi) is 4.22. The van der Waals surface area contributed by atoms with Crippen LogP contribution in [0.4, 0.5) is 5.69 Å². The van der Waals surface area contributed by atoms with Crippen LogP contribution >= 0.6 is 0 Å². The first-order valence-electron chi connectivity index (χ1n) is 7.88. The molecule has 1 aliphatic carbocycles. The normalized spacial score (nSPS) is 23.4. The number of nitro benzene ring substituents is 1. The highest BCUT2D eigenvalue weighted by Crippen LogP contribution is 2.35. The van der Waals surface area contributed by atoms with Crippen LogP contribution in [-0.2, 0) is 0 Å². The van der Waals surface area contributed by atoms with Gasteiger partial charge in [0.25, 0.3) is 5.69 Å². The third-order valence-corrected chi connectivity index (χ3v) is 4.67. The molecule has 114 valence electrons. The summed E-state index contributed by atoms with van der Waals surface area (Å²) in [5.74, 6) is 0. The molecule has 2 aliphatic rings. The molecule has 2 fully saturated rings. The lowest BCUT2D eigenvalue weighted by Gasteiger charge is -2.31. The fourth-order valence-corrected chi connectivity index (χ4v) is 3.29. The van der Waals surface area contributed by atoms with E-state index in [4.69, 9.17) is 0 Å². The van der Waals surface area contributed by atoms with E-state index in [-0.39, 0.29) is 16.7 Å². The third-order valence-electron chi connectivity index (χ3n) is 4.67. The van der Waals surface area contributed by atoms with Gasteiger partial charge in [-0.05, 0) is 44.7 Å². The van der Waals surface area contributed by atoms with E-state index in [0.717, 1.165) is 18.7 Å². The second kappa shape index (κ2) is 6.12. The maximum atomic E-state index is 11.0. The Morgan fingerprint density at radius 1 is 1.43 bits per heavy atom. The van der Waals surface area contributed by atoms with Crippen LogP contribution in [0.5, 0.6) is 0 Å². The van der Waals surface area contributed by atoms with E-state index in [0.29, 0.717) is 12.1 Å². The van der Waals surface area contributed by atoms with Crippen molar-refractivity contribution in [3.05, 3.63) is 39.9 Å². The largest absolute Gasteiger partial charge is 0.313 e. The van der Waals surface area contributed by atoms with E-state index in [1.807, 2.05) is 6.07 Å². The number of benzene rings is 1. The highest BCUT2D eigenvalue weighted by Gasteiger charge is 2.34. The Morgan fingerprint density at radius 3 is 2.86 bits per heavy atom. The van der Waals surface area contributed by atoms with Gasteiger partial charge < -0.3 is 5.32 Å². The van der Waals surface area contributed by atoms with E-state index in [1.165, 1.54) is 25.7 Å². The summed E-state index contributed by atoms with van der Waals surface area (Å²) in [7, 11) is 0. The van der Waals surface area contributed by atoms with Gasteiger partial charge in [0.15, 0.2) is 0 Å². The molecule has 0 amide bonds. The summed E-state index contributed by atoms with van der Waals surface area (Å²) >= 11 is 0. The van der Waals surface area contributed by atoms with Crippen molar-refractivity contribution in [3.8, 4) is 0 Å². The Morgan fingerprint density at radius 2 is 2.24 bits per heavy atom. The Bertz CT molecular complexity index is 510. The second-order valence-electron chi connectivity index (χ2n) is 6.25. The smallest absolute Gasteiger partial charge is 0.269 e. The van der Waals surface area contributed by atoms with Crippen LogP contribution in [0.1, 0.15) is 44.2 Å². The molecule has 1 saturated carbocycles. The molecule has 1 heterocycles. The maximum absolute atomic E-state index is 11.0. The average Bonchev–Trinajstić information content (AvgIpc) is 3.20. The average molecular weight is 289 g/mol. The van der Waals surface area contributed by atoms with Crippen molar-refractivity contribution in [2.75, 3.05) is 13.1 Å². The minimum Gasteiger partial charge on any atom is -0.313 e. The fraction of sp³-hybridized carbons (Fsp3) is 0.625. The summed E-state index contributed by atoms with van der Waals surface area (Å²) in [6, 6.07) is 8.56. The van der Waals surface area contributed by atoms with E-state index in [1.54, 1.807) is 18.2 Å². The quantitative estimate of drug-likeness (QED) is 0.646. The fourth-order valence-electron chi connectivity index (χ4n) is 3.29. The van der Waals surface area contributed by atoms with Crippen LogP contribution in [0, 0.1) is 10.1 Å². The molecule has 1 saturated heterocycles. The molecule has 2 atom stereocenters. The standard InChI is InChI=1S/C16H23N3O2/c1-12(13-4-2-6-16(10-13)19(20)21)18(15-7-8-15)11-14-5-3-9-17-14/h2,4,6,10,12,14-15,17H,3,5,7-9,11H2,1H3. The zero-order valence-corrected chi connectivity index (χ0v) is 12.5. The SMILES string of the molecule is CC(c1cccc([N+](=O)[O-])c1)N(CC1CCCN1)C1CC1. The first-order valence-corrected chi connectivity index (χ1v) is 7.88. The van der Waals surface area contributed by atoms with E-state index in [2.05, 4.69) is 17.1 Å². The predicted molar refractivity (Wildman–Crippen MR) is 82.3 cm³/mol. The van der Waals surface area contributed by atoms with Crippen molar-refractivity contribution in [1.29, 1.82) is 0 Å². The number of nitrogens with one attached hydrogen (secondary N) is 1. The Balaban J connectivity index is 1.75. The first-order chi connectivity index (χ1) is 10.1. The predicted octanol–water partition coefficient (Wildman–Crippen LogP) is 2.87. The number of nitro groups is 1. The van der Waals surface area contributed by atoms with Crippen LogP contribution in [0.25, 0.3) is 0 Å². The minimum atomic E-state index is -0.309. The van der Waals surface area contributed by atoms with Gasteiger partial charge in [-0.1, -0.05) is 12.1 Å². The number of non-ortho nitro benzene ring substituents is 1. The van der Waals surface area contributed by atoms with E-state index >= 15 is 0 Å². The lowest BCUT2D eigenvalue weighted by atomic mass is 10.0. The molecule has 0 bridgehead atoms. The summed E-state index contributed by atoms with van der Waals surface area (Å²) in [6.45, 7) is 4.34. The monoisotopic (exact) mass is 289 g/mol. The molecule has 1 N–H and O–H groups in total. The van der Waals surface area contributed by atoms with Gasteiger partial charge >= 0.3 is 0 Å². The van der Waals surface area contributed by atoms with Crippen molar-refractivity contribution in [2.24, 2.45) is 0 Å². The molecular weight excluding hydrogens is 266 g/mol. The molecule has 3 rings (SSSR count).